The third-order valence-corrected chi connectivity index (χ3v) is 3.50. The van der Waals surface area contributed by atoms with Crippen LogP contribution < -0.4 is 15.4 Å². The lowest BCUT2D eigenvalue weighted by molar-refractivity contribution is 0.240. The first-order chi connectivity index (χ1) is 8.19. The van der Waals surface area contributed by atoms with E-state index in [-0.39, 0.29) is 6.03 Å². The quantitative estimate of drug-likeness (QED) is 0.901. The second-order valence-corrected chi connectivity index (χ2v) is 4.93. The summed E-state index contributed by atoms with van der Waals surface area (Å²) in [4.78, 5) is 11.6. The molecule has 2 N–H and O–H groups in total. The minimum Gasteiger partial charge on any atom is -0.495 e. The molecular weight excluding hydrogens is 284 g/mol. The molecule has 2 rings (SSSR count). The van der Waals surface area contributed by atoms with Gasteiger partial charge in [0.15, 0.2) is 0 Å². The fourth-order valence-electron chi connectivity index (χ4n) is 1.64. The van der Waals surface area contributed by atoms with E-state index < -0.39 is 0 Å². The Morgan fingerprint density at radius 2 is 2.24 bits per heavy atom. The predicted molar refractivity (Wildman–Crippen MR) is 70.5 cm³/mol. The molecule has 0 bridgehead atoms. The molecule has 2 amide bonds. The van der Waals surface area contributed by atoms with Crippen molar-refractivity contribution in [2.24, 2.45) is 0 Å². The second kappa shape index (κ2) is 5.40. The Balaban J connectivity index is 1.95. The molecule has 1 saturated carbocycles. The largest absolute Gasteiger partial charge is 0.495 e. The lowest BCUT2D eigenvalue weighted by Gasteiger charge is -2.26. The van der Waals surface area contributed by atoms with E-state index in [1.807, 2.05) is 12.1 Å². The molecule has 1 aromatic rings. The lowest BCUT2D eigenvalue weighted by atomic mass is 9.93. The predicted octanol–water partition coefficient (Wildman–Crippen LogP) is 3.13. The van der Waals surface area contributed by atoms with Gasteiger partial charge in [-0.3, -0.25) is 0 Å². The summed E-state index contributed by atoms with van der Waals surface area (Å²) in [7, 11) is 1.60. The van der Waals surface area contributed by atoms with Crippen LogP contribution in [-0.4, -0.2) is 19.2 Å². The molecule has 4 nitrogen and oxygen atoms in total. The van der Waals surface area contributed by atoms with Crippen LogP contribution in [-0.2, 0) is 0 Å². The van der Waals surface area contributed by atoms with Crippen molar-refractivity contribution >= 4 is 27.6 Å². The Morgan fingerprint density at radius 1 is 1.47 bits per heavy atom. The Kier molecular flexibility index (Phi) is 3.89. The van der Waals surface area contributed by atoms with Gasteiger partial charge in [-0.05, 0) is 47.3 Å². The standard InChI is InChI=1S/C12H15BrN2O2/c1-17-11-7-9(5-6-10(11)13)15-12(16)14-8-3-2-4-8/h5-8H,2-4H2,1H3,(H2,14,15,16). The van der Waals surface area contributed by atoms with Gasteiger partial charge in [-0.1, -0.05) is 0 Å². The highest BCUT2D eigenvalue weighted by Gasteiger charge is 2.19. The zero-order valence-electron chi connectivity index (χ0n) is 9.63. The van der Waals surface area contributed by atoms with E-state index in [1.54, 1.807) is 13.2 Å². The van der Waals surface area contributed by atoms with Crippen LogP contribution in [0.5, 0.6) is 5.75 Å². The second-order valence-electron chi connectivity index (χ2n) is 4.08. The molecule has 0 radical (unpaired) electrons. The highest BCUT2D eigenvalue weighted by Crippen LogP contribution is 2.27. The van der Waals surface area contributed by atoms with Gasteiger partial charge in [0.25, 0.3) is 0 Å². The molecule has 0 saturated heterocycles. The number of ether oxygens (including phenoxy) is 1. The van der Waals surface area contributed by atoms with Gasteiger partial charge in [0.2, 0.25) is 0 Å². The summed E-state index contributed by atoms with van der Waals surface area (Å²) in [5.41, 5.74) is 0.724. The van der Waals surface area contributed by atoms with Gasteiger partial charge in [0.1, 0.15) is 5.75 Å². The van der Waals surface area contributed by atoms with Crippen molar-refractivity contribution in [3.63, 3.8) is 0 Å². The van der Waals surface area contributed by atoms with Crippen molar-refractivity contribution in [2.75, 3.05) is 12.4 Å². The summed E-state index contributed by atoms with van der Waals surface area (Å²) in [5, 5.41) is 5.71. The summed E-state index contributed by atoms with van der Waals surface area (Å²) in [5.74, 6) is 0.700. The van der Waals surface area contributed by atoms with Gasteiger partial charge >= 0.3 is 6.03 Å². The lowest BCUT2D eigenvalue weighted by Crippen LogP contribution is -2.41. The van der Waals surface area contributed by atoms with Crippen LogP contribution in [0.25, 0.3) is 0 Å². The van der Waals surface area contributed by atoms with Crippen molar-refractivity contribution in [3.8, 4) is 5.75 Å². The van der Waals surface area contributed by atoms with Crippen molar-refractivity contribution in [2.45, 2.75) is 25.3 Å². The van der Waals surface area contributed by atoms with E-state index in [0.29, 0.717) is 11.8 Å². The van der Waals surface area contributed by atoms with Crippen molar-refractivity contribution < 1.29 is 9.53 Å². The van der Waals surface area contributed by atoms with Crippen LogP contribution >= 0.6 is 15.9 Å². The van der Waals surface area contributed by atoms with Crippen LogP contribution in [0.15, 0.2) is 22.7 Å². The molecule has 1 aliphatic rings. The summed E-state index contributed by atoms with van der Waals surface area (Å²) in [6, 6.07) is 5.64. The van der Waals surface area contributed by atoms with Crippen molar-refractivity contribution in [1.82, 2.24) is 5.32 Å². The number of benzene rings is 1. The molecule has 1 aromatic carbocycles. The van der Waals surface area contributed by atoms with Gasteiger partial charge in [0.05, 0.1) is 11.6 Å². The third kappa shape index (κ3) is 3.12. The van der Waals surface area contributed by atoms with Crippen LogP contribution in [0.1, 0.15) is 19.3 Å². The van der Waals surface area contributed by atoms with Gasteiger partial charge in [0, 0.05) is 17.8 Å². The number of carbonyl (C=O) groups is 1. The van der Waals surface area contributed by atoms with Gasteiger partial charge < -0.3 is 15.4 Å². The zero-order chi connectivity index (χ0) is 12.3. The van der Waals surface area contributed by atoms with E-state index in [0.717, 1.165) is 23.0 Å². The monoisotopic (exact) mass is 298 g/mol. The number of hydrogen-bond acceptors (Lipinski definition) is 2. The molecule has 17 heavy (non-hydrogen) atoms. The number of anilines is 1. The summed E-state index contributed by atoms with van der Waals surface area (Å²) in [6.07, 6.45) is 3.37. The van der Waals surface area contributed by atoms with Gasteiger partial charge in [-0.25, -0.2) is 4.79 Å². The smallest absolute Gasteiger partial charge is 0.319 e. The minimum atomic E-state index is -0.154. The molecule has 1 fully saturated rings. The fraction of sp³-hybridized carbons (Fsp3) is 0.417. The Labute approximate surface area is 109 Å². The van der Waals surface area contributed by atoms with E-state index in [1.165, 1.54) is 6.42 Å². The molecule has 5 heteroatoms. The number of halogens is 1. The van der Waals surface area contributed by atoms with Gasteiger partial charge in [-0.15, -0.1) is 0 Å². The van der Waals surface area contributed by atoms with Gasteiger partial charge in [-0.2, -0.15) is 0 Å². The van der Waals surface area contributed by atoms with E-state index >= 15 is 0 Å². The number of methoxy groups -OCH3 is 1. The molecular formula is C12H15BrN2O2. The van der Waals surface area contributed by atoms with Crippen molar-refractivity contribution in [1.29, 1.82) is 0 Å². The van der Waals surface area contributed by atoms with Crippen LogP contribution in [0.2, 0.25) is 0 Å². The average Bonchev–Trinajstić information content (AvgIpc) is 2.26. The first-order valence-corrected chi connectivity index (χ1v) is 6.39. The SMILES string of the molecule is COc1cc(NC(=O)NC2CCC2)ccc1Br. The van der Waals surface area contributed by atoms with E-state index in [9.17, 15) is 4.79 Å². The number of carbonyl (C=O) groups excluding carboxylic acids is 1. The Bertz CT molecular complexity index is 419. The van der Waals surface area contributed by atoms with E-state index in [4.69, 9.17) is 4.74 Å². The number of amides is 2. The highest BCUT2D eigenvalue weighted by atomic mass is 79.9. The van der Waals surface area contributed by atoms with E-state index in [2.05, 4.69) is 26.6 Å². The number of rotatable bonds is 3. The first kappa shape index (κ1) is 12.2. The molecule has 0 aliphatic heterocycles. The highest BCUT2D eigenvalue weighted by molar-refractivity contribution is 9.10. The molecule has 0 heterocycles. The van der Waals surface area contributed by atoms with Crippen LogP contribution in [0.3, 0.4) is 0 Å². The maximum absolute atomic E-state index is 11.6. The molecule has 1 aliphatic carbocycles. The Hall–Kier alpha value is -1.23. The number of nitrogens with one attached hydrogen (secondary N) is 2. The topological polar surface area (TPSA) is 50.4 Å². The van der Waals surface area contributed by atoms with Crippen LogP contribution in [0, 0.1) is 0 Å². The van der Waals surface area contributed by atoms with Crippen LogP contribution in [0.4, 0.5) is 10.5 Å². The first-order valence-electron chi connectivity index (χ1n) is 5.60. The number of hydrogen-bond donors (Lipinski definition) is 2. The molecule has 0 unspecified atom stereocenters. The third-order valence-electron chi connectivity index (χ3n) is 2.85. The summed E-state index contributed by atoms with van der Waals surface area (Å²) >= 11 is 3.36. The normalized spacial score (nSPS) is 14.9. The summed E-state index contributed by atoms with van der Waals surface area (Å²) < 4.78 is 6.03. The zero-order valence-corrected chi connectivity index (χ0v) is 11.2. The Morgan fingerprint density at radius 3 is 2.82 bits per heavy atom. The molecule has 92 valence electrons. The molecule has 0 aromatic heterocycles. The average molecular weight is 299 g/mol. The molecule has 0 atom stereocenters. The fourth-order valence-corrected chi connectivity index (χ4v) is 2.05. The maximum atomic E-state index is 11.6. The minimum absolute atomic E-state index is 0.154. The maximum Gasteiger partial charge on any atom is 0.319 e. The summed E-state index contributed by atoms with van der Waals surface area (Å²) in [6.45, 7) is 0. The molecule has 0 spiro atoms. The number of urea groups is 1. The van der Waals surface area contributed by atoms with Crippen molar-refractivity contribution in [3.05, 3.63) is 22.7 Å².